The third-order valence-electron chi connectivity index (χ3n) is 3.05. The summed E-state index contributed by atoms with van der Waals surface area (Å²) >= 11 is 5.97. The number of aliphatic hydroxyl groups is 1. The fourth-order valence-corrected chi connectivity index (χ4v) is 2.08. The summed E-state index contributed by atoms with van der Waals surface area (Å²) in [6.45, 7) is 5.56. The first-order valence-corrected chi connectivity index (χ1v) is 6.64. The predicted octanol–water partition coefficient (Wildman–Crippen LogP) is 2.55. The number of phenols is 1. The molecule has 1 aromatic carbocycles. The lowest BCUT2D eigenvalue weighted by atomic mass is 9.90. The Bertz CT molecular complexity index is 421. The molecule has 0 aliphatic heterocycles. The van der Waals surface area contributed by atoms with Crippen LogP contribution in [0.4, 0.5) is 0 Å². The number of phenolic OH excluding ortho intramolecular Hbond substituents is 1. The first-order valence-electron chi connectivity index (χ1n) is 6.26. The van der Waals surface area contributed by atoms with Crippen LogP contribution in [-0.4, -0.2) is 30.5 Å². The Morgan fingerprint density at radius 3 is 2.63 bits per heavy atom. The van der Waals surface area contributed by atoms with Gasteiger partial charge in [-0.1, -0.05) is 25.4 Å². The minimum Gasteiger partial charge on any atom is -0.504 e. The zero-order chi connectivity index (χ0) is 14.5. The molecule has 4 nitrogen and oxygen atoms in total. The molecule has 0 fully saturated rings. The van der Waals surface area contributed by atoms with E-state index >= 15 is 0 Å². The van der Waals surface area contributed by atoms with Gasteiger partial charge >= 0.3 is 0 Å². The maximum Gasteiger partial charge on any atom is 0.162 e. The molecule has 108 valence electrons. The predicted molar refractivity (Wildman–Crippen MR) is 76.9 cm³/mol. The van der Waals surface area contributed by atoms with Crippen LogP contribution < -0.4 is 10.1 Å². The second-order valence-electron chi connectivity index (χ2n) is 5.36. The highest BCUT2D eigenvalue weighted by atomic mass is 35.5. The smallest absolute Gasteiger partial charge is 0.162 e. The molecular formula is C14H22ClNO3. The number of rotatable bonds is 7. The number of ether oxygens (including phenoxy) is 1. The van der Waals surface area contributed by atoms with Gasteiger partial charge in [0.2, 0.25) is 0 Å². The van der Waals surface area contributed by atoms with Crippen LogP contribution >= 0.6 is 11.6 Å². The molecule has 5 heteroatoms. The Labute approximate surface area is 119 Å². The second-order valence-corrected chi connectivity index (χ2v) is 5.79. The van der Waals surface area contributed by atoms with E-state index in [4.69, 9.17) is 21.4 Å². The second kappa shape index (κ2) is 6.98. The first kappa shape index (κ1) is 16.1. The van der Waals surface area contributed by atoms with Gasteiger partial charge in [0.1, 0.15) is 0 Å². The molecule has 0 aliphatic rings. The van der Waals surface area contributed by atoms with Crippen molar-refractivity contribution in [2.45, 2.75) is 26.8 Å². The minimum absolute atomic E-state index is 0.00697. The van der Waals surface area contributed by atoms with Gasteiger partial charge in [-0.05, 0) is 17.9 Å². The standard InChI is InChI=1S/C14H22ClNO3/c1-14(2,4-5-17)9-16-8-10-6-11(15)7-12(19-3)13(10)18/h6-7,16-18H,4-5,8-9H2,1-3H3. The van der Waals surface area contributed by atoms with E-state index in [-0.39, 0.29) is 17.8 Å². The molecule has 0 saturated heterocycles. The van der Waals surface area contributed by atoms with Crippen molar-refractivity contribution in [1.82, 2.24) is 5.32 Å². The maximum atomic E-state index is 9.98. The van der Waals surface area contributed by atoms with E-state index < -0.39 is 0 Å². The Morgan fingerprint density at radius 1 is 1.37 bits per heavy atom. The number of aliphatic hydroxyl groups excluding tert-OH is 1. The molecule has 0 heterocycles. The molecule has 3 N–H and O–H groups in total. The average molecular weight is 288 g/mol. The summed E-state index contributed by atoms with van der Waals surface area (Å²) in [7, 11) is 1.49. The molecule has 0 aromatic heterocycles. The number of hydrogen-bond acceptors (Lipinski definition) is 4. The molecule has 0 aliphatic carbocycles. The van der Waals surface area contributed by atoms with Crippen LogP contribution in [-0.2, 0) is 6.54 Å². The fourth-order valence-electron chi connectivity index (χ4n) is 1.85. The van der Waals surface area contributed by atoms with E-state index in [0.29, 0.717) is 22.9 Å². The highest BCUT2D eigenvalue weighted by molar-refractivity contribution is 6.30. The molecule has 19 heavy (non-hydrogen) atoms. The topological polar surface area (TPSA) is 61.7 Å². The van der Waals surface area contributed by atoms with E-state index in [1.54, 1.807) is 12.1 Å². The Kier molecular flexibility index (Phi) is 5.91. The van der Waals surface area contributed by atoms with Crippen LogP contribution in [0.2, 0.25) is 5.02 Å². The van der Waals surface area contributed by atoms with Crippen LogP contribution in [0, 0.1) is 5.41 Å². The van der Waals surface area contributed by atoms with Crippen molar-refractivity contribution in [3.05, 3.63) is 22.7 Å². The van der Waals surface area contributed by atoms with Crippen molar-refractivity contribution >= 4 is 11.6 Å². The fraction of sp³-hybridized carbons (Fsp3) is 0.571. The number of nitrogens with one attached hydrogen (secondary N) is 1. The Hall–Kier alpha value is -0.970. The van der Waals surface area contributed by atoms with Gasteiger partial charge in [-0.25, -0.2) is 0 Å². The third-order valence-corrected chi connectivity index (χ3v) is 3.26. The number of hydrogen-bond donors (Lipinski definition) is 3. The summed E-state index contributed by atoms with van der Waals surface area (Å²) in [6.07, 6.45) is 0.727. The van der Waals surface area contributed by atoms with Gasteiger partial charge in [-0.15, -0.1) is 0 Å². The highest BCUT2D eigenvalue weighted by Crippen LogP contribution is 2.33. The van der Waals surface area contributed by atoms with Crippen molar-refractivity contribution < 1.29 is 14.9 Å². The maximum absolute atomic E-state index is 9.98. The summed E-state index contributed by atoms with van der Waals surface area (Å²) < 4.78 is 5.06. The van der Waals surface area contributed by atoms with E-state index in [1.165, 1.54) is 7.11 Å². The SMILES string of the molecule is COc1cc(Cl)cc(CNCC(C)(C)CCO)c1O. The minimum atomic E-state index is 0.00697. The molecule has 0 radical (unpaired) electrons. The first-order chi connectivity index (χ1) is 8.89. The van der Waals surface area contributed by atoms with Crippen LogP contribution in [0.5, 0.6) is 11.5 Å². The lowest BCUT2D eigenvalue weighted by Crippen LogP contribution is -2.29. The number of methoxy groups -OCH3 is 1. The van der Waals surface area contributed by atoms with Crippen LogP contribution in [0.3, 0.4) is 0 Å². The molecule has 0 spiro atoms. The summed E-state index contributed by atoms with van der Waals surface area (Å²) in [4.78, 5) is 0. The molecule has 1 aromatic rings. The molecule has 0 atom stereocenters. The van der Waals surface area contributed by atoms with Crippen LogP contribution in [0.25, 0.3) is 0 Å². The Morgan fingerprint density at radius 2 is 2.05 bits per heavy atom. The zero-order valence-corrected chi connectivity index (χ0v) is 12.4. The summed E-state index contributed by atoms with van der Waals surface area (Å²) in [6, 6.07) is 3.29. The molecule has 0 bridgehead atoms. The van der Waals surface area contributed by atoms with E-state index in [0.717, 1.165) is 13.0 Å². The molecule has 0 saturated carbocycles. The number of aromatic hydroxyl groups is 1. The van der Waals surface area contributed by atoms with Crippen LogP contribution in [0.15, 0.2) is 12.1 Å². The summed E-state index contributed by atoms with van der Waals surface area (Å²) in [5.41, 5.74) is 0.705. The van der Waals surface area contributed by atoms with Crippen molar-refractivity contribution in [2.75, 3.05) is 20.3 Å². The van der Waals surface area contributed by atoms with Crippen LogP contribution in [0.1, 0.15) is 25.8 Å². The van der Waals surface area contributed by atoms with Crippen molar-refractivity contribution in [2.24, 2.45) is 5.41 Å². The summed E-state index contributed by atoms with van der Waals surface area (Å²) in [5.74, 6) is 0.485. The molecular weight excluding hydrogens is 266 g/mol. The van der Waals surface area contributed by atoms with Gasteiger partial charge in [-0.3, -0.25) is 0 Å². The lowest BCUT2D eigenvalue weighted by Gasteiger charge is -2.24. The molecule has 1 rings (SSSR count). The number of benzene rings is 1. The van der Waals surface area contributed by atoms with Gasteiger partial charge in [0.05, 0.1) is 7.11 Å². The van der Waals surface area contributed by atoms with Crippen molar-refractivity contribution in [1.29, 1.82) is 0 Å². The van der Waals surface area contributed by atoms with E-state index in [2.05, 4.69) is 19.2 Å². The van der Waals surface area contributed by atoms with E-state index in [9.17, 15) is 5.11 Å². The van der Waals surface area contributed by atoms with Gasteiger partial charge < -0.3 is 20.3 Å². The van der Waals surface area contributed by atoms with Gasteiger partial charge in [0.25, 0.3) is 0 Å². The van der Waals surface area contributed by atoms with Crippen molar-refractivity contribution in [3.63, 3.8) is 0 Å². The van der Waals surface area contributed by atoms with Crippen molar-refractivity contribution in [3.8, 4) is 11.5 Å². The number of halogens is 1. The van der Waals surface area contributed by atoms with E-state index in [1.807, 2.05) is 0 Å². The Balaban J connectivity index is 2.65. The third kappa shape index (κ3) is 4.90. The molecule has 0 amide bonds. The van der Waals surface area contributed by atoms with Gasteiger partial charge in [0, 0.05) is 36.3 Å². The monoisotopic (exact) mass is 287 g/mol. The zero-order valence-electron chi connectivity index (χ0n) is 11.7. The summed E-state index contributed by atoms with van der Waals surface area (Å²) in [5, 5.41) is 22.7. The van der Waals surface area contributed by atoms with Gasteiger partial charge in [0.15, 0.2) is 11.5 Å². The highest BCUT2D eigenvalue weighted by Gasteiger charge is 2.17. The largest absolute Gasteiger partial charge is 0.504 e. The normalized spacial score (nSPS) is 11.6. The lowest BCUT2D eigenvalue weighted by molar-refractivity contribution is 0.207. The van der Waals surface area contributed by atoms with Gasteiger partial charge in [-0.2, -0.15) is 0 Å². The average Bonchev–Trinajstić information content (AvgIpc) is 2.32. The molecule has 0 unspecified atom stereocenters. The quantitative estimate of drug-likeness (QED) is 0.721.